The first kappa shape index (κ1) is 62.5. The molecule has 0 spiro atoms. The van der Waals surface area contributed by atoms with Gasteiger partial charge in [-0.2, -0.15) is 132 Å². The largest absolute Gasteiger partial charge is 0.416 e. The molecule has 0 unspecified atom stereocenters. The number of nitrogens with zero attached hydrogens (tertiary/aromatic N) is 1. The second-order valence-electron chi connectivity index (χ2n) is 18.4. The van der Waals surface area contributed by atoms with Crippen molar-refractivity contribution in [3.8, 4) is 11.3 Å². The van der Waals surface area contributed by atoms with Crippen molar-refractivity contribution < 1.29 is 119 Å². The smallest absolute Gasteiger partial charge is 0.287 e. The molecule has 28 heteroatoms. The van der Waals surface area contributed by atoms with E-state index >= 15 is 0 Å². The maximum atomic E-state index is 14.4. The maximum Gasteiger partial charge on any atom is 0.416 e. The van der Waals surface area contributed by atoms with Gasteiger partial charge in [0.25, 0.3) is 0 Å². The van der Waals surface area contributed by atoms with Gasteiger partial charge in [0.15, 0.2) is 0 Å². The average molecular weight is 1210 g/mol. The number of ketones is 1. The Morgan fingerprint density at radius 3 is 0.940 bits per heavy atom. The van der Waals surface area contributed by atoms with Gasteiger partial charge in [-0.3, -0.25) is 4.79 Å². The van der Waals surface area contributed by atoms with Crippen molar-refractivity contribution in [1.29, 1.82) is 0 Å². The van der Waals surface area contributed by atoms with Gasteiger partial charge in [-0.05, 0) is 48.5 Å². The topological polar surface area (TPSA) is 20.9 Å². The molecule has 0 aliphatic heterocycles. The summed E-state index contributed by atoms with van der Waals surface area (Å²) in [5, 5.41) is 1.01. The standard InChI is InChI=1S/C32H12BF24.C23H17FNO/c34-25(35,36)13-1-14(26(37,38)39)6-21(5-13)33(22-7-15(27(40,41)42)2-16(8-22)28(43,44)45,23-9-17(29(46,47)48)3-18(10-23)30(49,50)51)24-11-19(31(52,53)54)4-20(12-24)32(55,56)57;24-20-12-6-5-11-19(20)22-15-14-17-8-4-7-13-21(17)25(22)16-23(26)18-9-2-1-3-10-18/h1-12H;1-15H,16H2/q-1;+1. The molecule has 1 heterocycles. The minimum absolute atomic E-state index is 0.00968. The van der Waals surface area contributed by atoms with Crippen LogP contribution < -0.4 is 26.4 Å². The Morgan fingerprint density at radius 2 is 0.627 bits per heavy atom. The summed E-state index contributed by atoms with van der Waals surface area (Å²) in [6, 6.07) is 18.7. The van der Waals surface area contributed by atoms with Crippen LogP contribution in [0.15, 0.2) is 164 Å². The molecule has 2 nitrogen and oxygen atoms in total. The van der Waals surface area contributed by atoms with Crippen LogP contribution >= 0.6 is 0 Å². The normalized spacial score (nSPS) is 13.2. The molecule has 0 amide bonds. The van der Waals surface area contributed by atoms with Gasteiger partial charge in [0.1, 0.15) is 12.0 Å². The predicted octanol–water partition coefficient (Wildman–Crippen LogP) is 16.0. The van der Waals surface area contributed by atoms with Crippen LogP contribution in [-0.2, 0) is 56.0 Å². The molecule has 0 aliphatic rings. The van der Waals surface area contributed by atoms with Crippen molar-refractivity contribution in [3.05, 3.63) is 220 Å². The summed E-state index contributed by atoms with van der Waals surface area (Å²) in [7, 11) is 0. The number of carbonyl (C=O) groups excluding carboxylic acids is 1. The Hall–Kier alpha value is -8.07. The van der Waals surface area contributed by atoms with Crippen LogP contribution in [0.5, 0.6) is 0 Å². The first-order chi connectivity index (χ1) is 38.0. The lowest BCUT2D eigenvalue weighted by Gasteiger charge is -2.46. The second kappa shape index (κ2) is 21.9. The third kappa shape index (κ3) is 13.7. The lowest BCUT2D eigenvalue weighted by atomic mass is 9.12. The van der Waals surface area contributed by atoms with Crippen LogP contribution in [0.1, 0.15) is 54.9 Å². The predicted molar refractivity (Wildman–Crippen MR) is 250 cm³/mol. The molecule has 8 aromatic rings. The van der Waals surface area contributed by atoms with E-state index in [9.17, 15) is 115 Å². The van der Waals surface area contributed by atoms with Crippen LogP contribution in [-0.4, -0.2) is 11.9 Å². The number of fused-ring (bicyclic) bond motifs is 1. The van der Waals surface area contributed by atoms with E-state index in [1.54, 1.807) is 30.3 Å². The van der Waals surface area contributed by atoms with Crippen molar-refractivity contribution >= 4 is 44.7 Å². The minimum Gasteiger partial charge on any atom is -0.287 e. The highest BCUT2D eigenvalue weighted by Crippen LogP contribution is 2.42. The van der Waals surface area contributed by atoms with E-state index in [2.05, 4.69) is 0 Å². The van der Waals surface area contributed by atoms with Crippen molar-refractivity contribution in [3.63, 3.8) is 0 Å². The molecule has 0 aliphatic carbocycles. The number of Topliss-reactive ketones (excluding diaryl/α,β-unsaturated/α-hetero) is 1. The fourth-order valence-corrected chi connectivity index (χ4v) is 9.27. The number of halogens is 25. The lowest BCUT2D eigenvalue weighted by Crippen LogP contribution is -2.75. The highest BCUT2D eigenvalue weighted by atomic mass is 19.4. The number of hydrogen-bond acceptors (Lipinski definition) is 1. The van der Waals surface area contributed by atoms with E-state index in [4.69, 9.17) is 0 Å². The van der Waals surface area contributed by atoms with E-state index in [0.717, 1.165) is 10.9 Å². The number of alkyl halides is 24. The molecule has 83 heavy (non-hydrogen) atoms. The third-order valence-electron chi connectivity index (χ3n) is 12.9. The molecular formula is C55H29BF25NO. The third-order valence-corrected chi connectivity index (χ3v) is 12.9. The Morgan fingerprint density at radius 1 is 0.337 bits per heavy atom. The Bertz CT molecular complexity index is 3260. The van der Waals surface area contributed by atoms with Crippen LogP contribution in [0.4, 0.5) is 110 Å². The van der Waals surface area contributed by atoms with Gasteiger partial charge >= 0.3 is 49.4 Å². The molecule has 0 bridgehead atoms. The number of hydrogen-bond donors (Lipinski definition) is 0. The summed E-state index contributed by atoms with van der Waals surface area (Å²) in [5.74, 6) is -0.312. The number of pyridine rings is 1. The molecule has 0 saturated heterocycles. The second-order valence-corrected chi connectivity index (χ2v) is 18.4. The van der Waals surface area contributed by atoms with E-state index in [0.29, 0.717) is 16.8 Å². The Balaban J connectivity index is 0.000000313. The molecule has 7 aromatic carbocycles. The lowest BCUT2D eigenvalue weighted by molar-refractivity contribution is -0.646. The van der Waals surface area contributed by atoms with Crippen LogP contribution in [0.3, 0.4) is 0 Å². The molecule has 1 aromatic heterocycles. The zero-order valence-corrected chi connectivity index (χ0v) is 40.7. The zero-order valence-electron chi connectivity index (χ0n) is 40.7. The monoisotopic (exact) mass is 1210 g/mol. The van der Waals surface area contributed by atoms with Gasteiger partial charge in [-0.15, -0.1) is 0 Å². The van der Waals surface area contributed by atoms with Gasteiger partial charge in [-0.1, -0.05) is 103 Å². The highest BCUT2D eigenvalue weighted by Gasteiger charge is 2.47. The van der Waals surface area contributed by atoms with Gasteiger partial charge in [0.2, 0.25) is 23.5 Å². The quantitative estimate of drug-likeness (QED) is 0.0643. The van der Waals surface area contributed by atoms with Gasteiger partial charge in [0.05, 0.1) is 50.1 Å². The Kier molecular flexibility index (Phi) is 16.5. The summed E-state index contributed by atoms with van der Waals surface area (Å²) in [5.41, 5.74) is -27.5. The number of aromatic nitrogens is 1. The molecular weight excluding hydrogens is 1180 g/mol. The van der Waals surface area contributed by atoms with Crippen molar-refractivity contribution in [2.45, 2.75) is 56.0 Å². The van der Waals surface area contributed by atoms with E-state index < -0.39 is 195 Å². The van der Waals surface area contributed by atoms with Crippen molar-refractivity contribution in [1.82, 2.24) is 0 Å². The molecule has 8 rings (SSSR count). The van der Waals surface area contributed by atoms with E-state index in [1.807, 2.05) is 59.2 Å². The molecule has 0 radical (unpaired) electrons. The van der Waals surface area contributed by atoms with E-state index in [-0.39, 0.29) is 18.1 Å². The first-order valence-electron chi connectivity index (χ1n) is 23.1. The number of para-hydroxylation sites is 1. The average Bonchev–Trinajstić information content (AvgIpc) is 3.58. The fourth-order valence-electron chi connectivity index (χ4n) is 9.27. The minimum atomic E-state index is -6.13. The van der Waals surface area contributed by atoms with Crippen LogP contribution in [0.25, 0.3) is 22.2 Å². The molecule has 0 fully saturated rings. The Labute approximate surface area is 449 Å². The van der Waals surface area contributed by atoms with Crippen molar-refractivity contribution in [2.24, 2.45) is 0 Å². The SMILES string of the molecule is FC(F)(F)c1cc([B-](c2cc(C(F)(F)F)cc(C(F)(F)F)c2)(c2cc(C(F)(F)F)cc(C(F)(F)F)c2)c2cc(C(F)(F)F)cc(C(F)(F)F)c2)cc(C(F)(F)F)c1.O=C(C[n+]1c(-c2ccccc2F)ccc2ccccc21)c1ccccc1. The highest BCUT2D eigenvalue weighted by molar-refractivity contribution is 7.20. The van der Waals surface area contributed by atoms with Crippen LogP contribution in [0, 0.1) is 5.82 Å². The van der Waals surface area contributed by atoms with Crippen LogP contribution in [0.2, 0.25) is 0 Å². The van der Waals surface area contributed by atoms with Crippen molar-refractivity contribution in [2.75, 3.05) is 0 Å². The molecule has 0 saturated carbocycles. The van der Waals surface area contributed by atoms with Gasteiger partial charge in [0, 0.05) is 23.1 Å². The number of rotatable bonds is 8. The summed E-state index contributed by atoms with van der Waals surface area (Å²) in [6.45, 7) is 0.148. The summed E-state index contributed by atoms with van der Waals surface area (Å²) < 4.78 is 357. The maximum absolute atomic E-state index is 14.4. The van der Waals surface area contributed by atoms with Gasteiger partial charge in [-0.25, -0.2) is 4.39 Å². The first-order valence-corrected chi connectivity index (χ1v) is 23.1. The number of carbonyl (C=O) groups is 1. The summed E-state index contributed by atoms with van der Waals surface area (Å²) in [4.78, 5) is 12.8. The summed E-state index contributed by atoms with van der Waals surface area (Å²) >= 11 is 0. The molecule has 0 N–H and O–H groups in total. The van der Waals surface area contributed by atoms with E-state index in [1.165, 1.54) is 6.07 Å². The summed E-state index contributed by atoms with van der Waals surface area (Å²) in [6.07, 6.45) is -54.8. The fraction of sp³-hybridized carbons (Fsp3) is 0.164. The molecule has 0 atom stereocenters. The number of benzene rings is 7. The van der Waals surface area contributed by atoms with Gasteiger partial charge < -0.3 is 0 Å². The molecule has 438 valence electrons. The zero-order chi connectivity index (χ0) is 61.8.